The molecule has 2 aromatic heterocycles. The SMILES string of the molecule is FC(F)c1cccc(-c2cn(Cc3ccc(-c4nnc(C(F)F)o4)cc3)nn2)c1. The molecule has 0 amide bonds. The Morgan fingerprint density at radius 1 is 0.862 bits per heavy atom. The Labute approximate surface area is 161 Å². The molecule has 2 heterocycles. The van der Waals surface area contributed by atoms with Crippen LogP contribution in [0, 0.1) is 0 Å². The molecule has 0 aliphatic heterocycles. The third-order valence-corrected chi connectivity index (χ3v) is 4.15. The fourth-order valence-electron chi connectivity index (χ4n) is 2.72. The number of alkyl halides is 4. The van der Waals surface area contributed by atoms with Crippen molar-refractivity contribution in [1.82, 2.24) is 25.2 Å². The van der Waals surface area contributed by atoms with E-state index < -0.39 is 18.7 Å². The number of nitrogens with zero attached hydrogens (tertiary/aromatic N) is 5. The standard InChI is InChI=1S/C19H13F4N5O/c20-16(21)14-3-1-2-13(8-14)15-10-28(27-24-15)9-11-4-6-12(7-5-11)18-25-26-19(29-18)17(22)23/h1-8,10,16-17H,9H2. The van der Waals surface area contributed by atoms with Gasteiger partial charge in [-0.25, -0.2) is 13.5 Å². The quantitative estimate of drug-likeness (QED) is 0.428. The van der Waals surface area contributed by atoms with Crippen LogP contribution >= 0.6 is 0 Å². The van der Waals surface area contributed by atoms with Gasteiger partial charge in [-0.2, -0.15) is 8.78 Å². The minimum Gasteiger partial charge on any atom is -0.415 e. The Kier molecular flexibility index (Phi) is 5.07. The molecule has 0 aliphatic carbocycles. The van der Waals surface area contributed by atoms with Crippen LogP contribution < -0.4 is 0 Å². The first kappa shape index (κ1) is 18.8. The van der Waals surface area contributed by atoms with E-state index in [9.17, 15) is 17.6 Å². The number of benzene rings is 2. The maximum absolute atomic E-state index is 12.9. The second-order valence-electron chi connectivity index (χ2n) is 6.17. The molecule has 0 spiro atoms. The summed E-state index contributed by atoms with van der Waals surface area (Å²) in [6.45, 7) is 0.383. The highest BCUT2D eigenvalue weighted by Crippen LogP contribution is 2.25. The maximum atomic E-state index is 12.9. The van der Waals surface area contributed by atoms with Gasteiger partial charge >= 0.3 is 6.43 Å². The second-order valence-corrected chi connectivity index (χ2v) is 6.17. The van der Waals surface area contributed by atoms with E-state index in [-0.39, 0.29) is 11.5 Å². The Morgan fingerprint density at radius 3 is 2.34 bits per heavy atom. The Balaban J connectivity index is 1.48. The normalized spacial score (nSPS) is 11.5. The zero-order chi connectivity index (χ0) is 20.4. The average Bonchev–Trinajstić information content (AvgIpc) is 3.39. The molecule has 0 fully saturated rings. The minimum absolute atomic E-state index is 0.00815. The molecule has 0 saturated heterocycles. The van der Waals surface area contributed by atoms with Crippen LogP contribution in [0.1, 0.15) is 29.9 Å². The van der Waals surface area contributed by atoms with Crippen molar-refractivity contribution in [3.05, 3.63) is 71.7 Å². The highest BCUT2D eigenvalue weighted by atomic mass is 19.3. The van der Waals surface area contributed by atoms with Gasteiger partial charge in [0, 0.05) is 16.7 Å². The predicted molar refractivity (Wildman–Crippen MR) is 94.2 cm³/mol. The Bertz CT molecular complexity index is 1110. The van der Waals surface area contributed by atoms with Crippen molar-refractivity contribution < 1.29 is 22.0 Å². The van der Waals surface area contributed by atoms with Gasteiger partial charge in [0.05, 0.1) is 12.7 Å². The van der Waals surface area contributed by atoms with Gasteiger partial charge in [0.15, 0.2) is 0 Å². The van der Waals surface area contributed by atoms with Crippen LogP contribution in [-0.4, -0.2) is 25.2 Å². The van der Waals surface area contributed by atoms with Gasteiger partial charge in [0.25, 0.3) is 12.3 Å². The third-order valence-electron chi connectivity index (χ3n) is 4.15. The lowest BCUT2D eigenvalue weighted by molar-refractivity contribution is 0.116. The third kappa shape index (κ3) is 4.15. The monoisotopic (exact) mass is 403 g/mol. The van der Waals surface area contributed by atoms with Crippen molar-refractivity contribution in [3.63, 3.8) is 0 Å². The first-order chi connectivity index (χ1) is 14.0. The highest BCUT2D eigenvalue weighted by molar-refractivity contribution is 5.59. The molecule has 6 nitrogen and oxygen atoms in total. The number of halogens is 4. The van der Waals surface area contributed by atoms with Crippen molar-refractivity contribution in [2.24, 2.45) is 0 Å². The lowest BCUT2D eigenvalue weighted by atomic mass is 10.1. The van der Waals surface area contributed by atoms with E-state index in [2.05, 4.69) is 20.5 Å². The van der Waals surface area contributed by atoms with E-state index >= 15 is 0 Å². The Hall–Kier alpha value is -3.56. The van der Waals surface area contributed by atoms with E-state index in [0.29, 0.717) is 23.4 Å². The maximum Gasteiger partial charge on any atom is 0.314 e. The topological polar surface area (TPSA) is 69.6 Å². The largest absolute Gasteiger partial charge is 0.415 e. The predicted octanol–water partition coefficient (Wildman–Crippen LogP) is 4.92. The number of hydrogen-bond acceptors (Lipinski definition) is 5. The van der Waals surface area contributed by atoms with Gasteiger partial charge in [-0.15, -0.1) is 15.3 Å². The van der Waals surface area contributed by atoms with Crippen LogP contribution in [0.4, 0.5) is 17.6 Å². The molecule has 4 rings (SSSR count). The van der Waals surface area contributed by atoms with E-state index in [1.54, 1.807) is 47.3 Å². The summed E-state index contributed by atoms with van der Waals surface area (Å²) < 4.78 is 57.3. The van der Waals surface area contributed by atoms with Crippen molar-refractivity contribution in [3.8, 4) is 22.7 Å². The minimum atomic E-state index is -2.82. The van der Waals surface area contributed by atoms with Crippen LogP contribution in [-0.2, 0) is 6.54 Å². The molecular formula is C19H13F4N5O. The molecule has 0 N–H and O–H groups in total. The lowest BCUT2D eigenvalue weighted by Gasteiger charge is -2.02. The highest BCUT2D eigenvalue weighted by Gasteiger charge is 2.17. The van der Waals surface area contributed by atoms with Crippen LogP contribution in [0.15, 0.2) is 59.1 Å². The van der Waals surface area contributed by atoms with Crippen molar-refractivity contribution in [2.75, 3.05) is 0 Å². The lowest BCUT2D eigenvalue weighted by Crippen LogP contribution is -2.00. The number of rotatable bonds is 6. The zero-order valence-electron chi connectivity index (χ0n) is 14.7. The molecular weight excluding hydrogens is 390 g/mol. The van der Waals surface area contributed by atoms with Gasteiger partial charge in [0.2, 0.25) is 5.89 Å². The molecule has 0 bridgehead atoms. The van der Waals surface area contributed by atoms with Gasteiger partial charge in [-0.05, 0) is 23.8 Å². The van der Waals surface area contributed by atoms with E-state index in [0.717, 1.165) is 5.56 Å². The van der Waals surface area contributed by atoms with Crippen LogP contribution in [0.2, 0.25) is 0 Å². The summed E-state index contributed by atoms with van der Waals surface area (Å²) in [6, 6.07) is 12.8. The van der Waals surface area contributed by atoms with E-state index in [4.69, 9.17) is 4.42 Å². The molecule has 0 aliphatic rings. The van der Waals surface area contributed by atoms with Gasteiger partial charge in [-0.1, -0.05) is 35.5 Å². The molecule has 0 atom stereocenters. The average molecular weight is 403 g/mol. The number of aromatic nitrogens is 5. The summed E-state index contributed by atoms with van der Waals surface area (Å²) in [5.41, 5.74) is 2.32. The molecule has 0 unspecified atom stereocenters. The second kappa shape index (κ2) is 7.82. The summed E-state index contributed by atoms with van der Waals surface area (Å²) in [5, 5.41) is 14.9. The van der Waals surface area contributed by atoms with Crippen molar-refractivity contribution in [2.45, 2.75) is 19.4 Å². The fourth-order valence-corrected chi connectivity index (χ4v) is 2.72. The first-order valence-electron chi connectivity index (χ1n) is 8.49. The van der Waals surface area contributed by atoms with E-state index in [1.807, 2.05) is 0 Å². The first-order valence-corrected chi connectivity index (χ1v) is 8.49. The zero-order valence-corrected chi connectivity index (χ0v) is 14.7. The summed E-state index contributed by atoms with van der Waals surface area (Å²) in [7, 11) is 0. The van der Waals surface area contributed by atoms with Gasteiger partial charge in [-0.3, -0.25) is 0 Å². The molecule has 0 radical (unpaired) electrons. The van der Waals surface area contributed by atoms with Crippen molar-refractivity contribution in [1.29, 1.82) is 0 Å². The summed E-state index contributed by atoms with van der Waals surface area (Å²) >= 11 is 0. The Morgan fingerprint density at radius 2 is 1.66 bits per heavy atom. The molecule has 148 valence electrons. The molecule has 10 heteroatoms. The van der Waals surface area contributed by atoms with E-state index in [1.165, 1.54) is 12.1 Å². The summed E-state index contributed by atoms with van der Waals surface area (Å²) in [6.07, 6.45) is -3.72. The molecule has 2 aromatic carbocycles. The van der Waals surface area contributed by atoms with Crippen LogP contribution in [0.3, 0.4) is 0 Å². The van der Waals surface area contributed by atoms with Gasteiger partial charge in [0.1, 0.15) is 5.69 Å². The molecule has 29 heavy (non-hydrogen) atoms. The molecule has 0 saturated carbocycles. The van der Waals surface area contributed by atoms with Crippen molar-refractivity contribution >= 4 is 0 Å². The van der Waals surface area contributed by atoms with Crippen LogP contribution in [0.5, 0.6) is 0 Å². The number of hydrogen-bond donors (Lipinski definition) is 0. The van der Waals surface area contributed by atoms with Crippen LogP contribution in [0.25, 0.3) is 22.7 Å². The summed E-state index contributed by atoms with van der Waals surface area (Å²) in [4.78, 5) is 0. The summed E-state index contributed by atoms with van der Waals surface area (Å²) in [5.74, 6) is -0.719. The molecule has 4 aromatic rings. The fraction of sp³-hybridized carbons (Fsp3) is 0.158. The van der Waals surface area contributed by atoms with Gasteiger partial charge < -0.3 is 4.42 Å². The smallest absolute Gasteiger partial charge is 0.314 e.